The van der Waals surface area contributed by atoms with E-state index in [9.17, 15) is 0 Å². The third kappa shape index (κ3) is 5.72. The molecule has 1 aliphatic carbocycles. The Bertz CT molecular complexity index is 448. The minimum atomic E-state index is -0.245. The highest BCUT2D eigenvalue weighted by molar-refractivity contribution is 5.80. The number of furan rings is 1. The predicted octanol–water partition coefficient (Wildman–Crippen LogP) is 2.72. The van der Waals surface area contributed by atoms with Gasteiger partial charge in [0.05, 0.1) is 18.4 Å². The van der Waals surface area contributed by atoms with Crippen molar-refractivity contribution < 1.29 is 9.15 Å². The zero-order valence-corrected chi connectivity index (χ0v) is 14.0. The number of aliphatic imine (C=N–C) groups is 1. The van der Waals surface area contributed by atoms with Gasteiger partial charge < -0.3 is 19.8 Å². The minimum Gasteiger partial charge on any atom is -0.469 e. The summed E-state index contributed by atoms with van der Waals surface area (Å²) < 4.78 is 10.8. The molecule has 0 bridgehead atoms. The van der Waals surface area contributed by atoms with Gasteiger partial charge in [-0.1, -0.05) is 12.8 Å². The van der Waals surface area contributed by atoms with Gasteiger partial charge in [-0.2, -0.15) is 0 Å². The number of hydrogen-bond donors (Lipinski definition) is 2. The highest BCUT2D eigenvalue weighted by Crippen LogP contribution is 2.17. The number of nitrogens with one attached hydrogen (secondary N) is 2. The van der Waals surface area contributed by atoms with Crippen LogP contribution in [0.2, 0.25) is 0 Å². The normalized spacial score (nSPS) is 17.0. The van der Waals surface area contributed by atoms with E-state index in [0.717, 1.165) is 24.7 Å². The molecule has 0 aliphatic heterocycles. The molecule has 0 radical (unpaired) electrons. The predicted molar refractivity (Wildman–Crippen MR) is 89.2 cm³/mol. The molecule has 2 N–H and O–H groups in total. The van der Waals surface area contributed by atoms with Crippen molar-refractivity contribution in [2.45, 2.75) is 57.6 Å². The van der Waals surface area contributed by atoms with Crippen LogP contribution in [0.25, 0.3) is 0 Å². The average Bonchev–Trinajstić information content (AvgIpc) is 3.18. The van der Waals surface area contributed by atoms with E-state index in [-0.39, 0.29) is 5.60 Å². The molecule has 0 unspecified atom stereocenters. The molecule has 1 saturated carbocycles. The summed E-state index contributed by atoms with van der Waals surface area (Å²) in [6.07, 6.45) is 7.63. The fraction of sp³-hybridized carbons (Fsp3) is 0.706. The molecule has 0 aromatic carbocycles. The second-order valence-corrected chi connectivity index (χ2v) is 6.51. The number of guanidine groups is 1. The quantitative estimate of drug-likeness (QED) is 0.601. The van der Waals surface area contributed by atoms with E-state index in [1.165, 1.54) is 25.7 Å². The van der Waals surface area contributed by atoms with Crippen LogP contribution in [0, 0.1) is 0 Å². The Morgan fingerprint density at radius 3 is 2.82 bits per heavy atom. The Balaban J connectivity index is 1.86. The number of nitrogens with zero attached hydrogens (tertiary/aromatic N) is 1. The van der Waals surface area contributed by atoms with Gasteiger partial charge in [-0.05, 0) is 38.8 Å². The van der Waals surface area contributed by atoms with Crippen molar-refractivity contribution in [3.05, 3.63) is 24.2 Å². The van der Waals surface area contributed by atoms with Crippen molar-refractivity contribution in [3.63, 3.8) is 0 Å². The summed E-state index contributed by atoms with van der Waals surface area (Å²) in [7, 11) is 1.73. The van der Waals surface area contributed by atoms with Crippen LogP contribution in [-0.2, 0) is 11.2 Å². The van der Waals surface area contributed by atoms with E-state index in [1.54, 1.807) is 13.4 Å². The maximum atomic E-state index is 5.44. The summed E-state index contributed by atoms with van der Waals surface area (Å²) in [6, 6.07) is 4.46. The number of rotatable bonds is 7. The van der Waals surface area contributed by atoms with E-state index < -0.39 is 0 Å². The number of ether oxygens (including phenoxy) is 1. The van der Waals surface area contributed by atoms with Crippen LogP contribution in [0.5, 0.6) is 0 Å². The standard InChI is InChI=1S/C17H29N3O2/c1-17(2,21-3)13-19-16(20-14-7-4-5-8-14)18-11-10-15-9-6-12-22-15/h6,9,12,14H,4-5,7-8,10-11,13H2,1-3H3,(H2,18,19,20). The molecule has 5 nitrogen and oxygen atoms in total. The maximum absolute atomic E-state index is 5.44. The van der Waals surface area contributed by atoms with Gasteiger partial charge in [-0.3, -0.25) is 4.99 Å². The Morgan fingerprint density at radius 1 is 1.41 bits per heavy atom. The first-order valence-corrected chi connectivity index (χ1v) is 8.21. The van der Waals surface area contributed by atoms with Gasteiger partial charge in [-0.25, -0.2) is 0 Å². The molecule has 0 amide bonds. The van der Waals surface area contributed by atoms with E-state index in [2.05, 4.69) is 15.6 Å². The smallest absolute Gasteiger partial charge is 0.191 e. The lowest BCUT2D eigenvalue weighted by molar-refractivity contribution is 0.0310. The zero-order chi connectivity index (χ0) is 15.8. The van der Waals surface area contributed by atoms with Gasteiger partial charge in [0.1, 0.15) is 5.76 Å². The SMILES string of the molecule is COC(C)(C)CN=C(NCCc1ccco1)NC1CCCC1. The summed E-state index contributed by atoms with van der Waals surface area (Å²) >= 11 is 0. The van der Waals surface area contributed by atoms with Crippen LogP contribution in [-0.4, -0.2) is 37.8 Å². The second kappa shape index (κ2) is 8.22. The lowest BCUT2D eigenvalue weighted by atomic mass is 10.1. The van der Waals surface area contributed by atoms with Crippen molar-refractivity contribution in [1.82, 2.24) is 10.6 Å². The van der Waals surface area contributed by atoms with Crippen LogP contribution >= 0.6 is 0 Å². The lowest BCUT2D eigenvalue weighted by Crippen LogP contribution is -2.44. The molecule has 1 heterocycles. The Morgan fingerprint density at radius 2 is 2.18 bits per heavy atom. The summed E-state index contributed by atoms with van der Waals surface area (Å²) in [5, 5.41) is 6.95. The molecule has 5 heteroatoms. The zero-order valence-electron chi connectivity index (χ0n) is 14.0. The topological polar surface area (TPSA) is 58.8 Å². The van der Waals surface area contributed by atoms with E-state index in [1.807, 2.05) is 26.0 Å². The van der Waals surface area contributed by atoms with Crippen LogP contribution < -0.4 is 10.6 Å². The molecule has 1 aromatic rings. The van der Waals surface area contributed by atoms with Crippen LogP contribution in [0.15, 0.2) is 27.8 Å². The minimum absolute atomic E-state index is 0.245. The lowest BCUT2D eigenvalue weighted by Gasteiger charge is -2.22. The van der Waals surface area contributed by atoms with Crippen LogP contribution in [0.1, 0.15) is 45.3 Å². The van der Waals surface area contributed by atoms with Gasteiger partial charge in [-0.15, -0.1) is 0 Å². The van der Waals surface area contributed by atoms with Crippen molar-refractivity contribution >= 4 is 5.96 Å². The van der Waals surface area contributed by atoms with Gasteiger partial charge >= 0.3 is 0 Å². The van der Waals surface area contributed by atoms with Crippen LogP contribution in [0.3, 0.4) is 0 Å². The fourth-order valence-electron chi connectivity index (χ4n) is 2.51. The Kier molecular flexibility index (Phi) is 6.31. The molecular formula is C17H29N3O2. The van der Waals surface area contributed by atoms with Crippen molar-refractivity contribution in [2.24, 2.45) is 4.99 Å². The highest BCUT2D eigenvalue weighted by atomic mass is 16.5. The number of hydrogen-bond acceptors (Lipinski definition) is 3. The third-order valence-electron chi connectivity index (χ3n) is 4.11. The van der Waals surface area contributed by atoms with Gasteiger partial charge in [0.15, 0.2) is 5.96 Å². The summed E-state index contributed by atoms with van der Waals surface area (Å²) in [4.78, 5) is 4.69. The molecule has 2 rings (SSSR count). The number of methoxy groups -OCH3 is 1. The third-order valence-corrected chi connectivity index (χ3v) is 4.11. The van der Waals surface area contributed by atoms with Crippen molar-refractivity contribution in [1.29, 1.82) is 0 Å². The van der Waals surface area contributed by atoms with E-state index in [4.69, 9.17) is 9.15 Å². The van der Waals surface area contributed by atoms with Crippen LogP contribution in [0.4, 0.5) is 0 Å². The molecule has 0 spiro atoms. The van der Waals surface area contributed by atoms with Crippen molar-refractivity contribution in [2.75, 3.05) is 20.2 Å². The summed E-state index contributed by atoms with van der Waals surface area (Å²) in [6.45, 7) is 5.53. The molecule has 1 aliphatic rings. The molecule has 0 atom stereocenters. The monoisotopic (exact) mass is 307 g/mol. The van der Waals surface area contributed by atoms with Crippen molar-refractivity contribution in [3.8, 4) is 0 Å². The first kappa shape index (κ1) is 16.9. The molecule has 1 aromatic heterocycles. The molecule has 0 saturated heterocycles. The summed E-state index contributed by atoms with van der Waals surface area (Å²) in [5.74, 6) is 1.87. The van der Waals surface area contributed by atoms with Gasteiger partial charge in [0, 0.05) is 26.1 Å². The van der Waals surface area contributed by atoms with E-state index >= 15 is 0 Å². The first-order chi connectivity index (χ1) is 10.6. The molecule has 1 fully saturated rings. The average molecular weight is 307 g/mol. The molecule has 22 heavy (non-hydrogen) atoms. The van der Waals surface area contributed by atoms with Gasteiger partial charge in [0.25, 0.3) is 0 Å². The fourth-order valence-corrected chi connectivity index (χ4v) is 2.51. The highest BCUT2D eigenvalue weighted by Gasteiger charge is 2.18. The summed E-state index contributed by atoms with van der Waals surface area (Å²) in [5.41, 5.74) is -0.245. The molecular weight excluding hydrogens is 278 g/mol. The van der Waals surface area contributed by atoms with Gasteiger partial charge in [0.2, 0.25) is 0 Å². The first-order valence-electron chi connectivity index (χ1n) is 8.21. The largest absolute Gasteiger partial charge is 0.469 e. The Labute approximate surface area is 133 Å². The Hall–Kier alpha value is -1.49. The molecule has 124 valence electrons. The second-order valence-electron chi connectivity index (χ2n) is 6.51. The maximum Gasteiger partial charge on any atom is 0.191 e. The van der Waals surface area contributed by atoms with E-state index in [0.29, 0.717) is 12.6 Å².